The summed E-state index contributed by atoms with van der Waals surface area (Å²) < 4.78 is 0. The molecule has 0 heterocycles. The highest BCUT2D eigenvalue weighted by molar-refractivity contribution is 5.70. The summed E-state index contributed by atoms with van der Waals surface area (Å²) in [5.74, 6) is -1.26. The average molecular weight is 201 g/mol. The zero-order valence-corrected chi connectivity index (χ0v) is 8.81. The minimum Gasteiger partial charge on any atom is -0.481 e. The van der Waals surface area contributed by atoms with Gasteiger partial charge in [0.05, 0.1) is 12.5 Å². The van der Waals surface area contributed by atoms with Crippen molar-refractivity contribution >= 4 is 5.97 Å². The predicted molar refractivity (Wildman–Crippen MR) is 55.1 cm³/mol. The van der Waals surface area contributed by atoms with Gasteiger partial charge in [-0.2, -0.15) is 0 Å². The third-order valence-electron chi connectivity index (χ3n) is 2.44. The van der Waals surface area contributed by atoms with E-state index in [-0.39, 0.29) is 12.6 Å². The summed E-state index contributed by atoms with van der Waals surface area (Å²) in [5.41, 5.74) is 0. The first-order chi connectivity index (χ1) is 6.54. The van der Waals surface area contributed by atoms with E-state index in [0.29, 0.717) is 13.1 Å². The van der Waals surface area contributed by atoms with Crippen LogP contribution in [0.1, 0.15) is 13.8 Å². The first-order valence-electron chi connectivity index (χ1n) is 4.73. The van der Waals surface area contributed by atoms with Crippen LogP contribution in [0.15, 0.2) is 12.7 Å². The smallest absolute Gasteiger partial charge is 0.307 e. The summed E-state index contributed by atoms with van der Waals surface area (Å²) in [6.07, 6.45) is 1.71. The maximum absolute atomic E-state index is 10.7. The summed E-state index contributed by atoms with van der Waals surface area (Å²) in [5, 5.41) is 17.6. The van der Waals surface area contributed by atoms with Gasteiger partial charge in [0.1, 0.15) is 0 Å². The quantitative estimate of drug-likeness (QED) is 0.591. The van der Waals surface area contributed by atoms with Gasteiger partial charge in [-0.1, -0.05) is 13.0 Å². The van der Waals surface area contributed by atoms with Gasteiger partial charge in [0, 0.05) is 19.1 Å². The van der Waals surface area contributed by atoms with Crippen LogP contribution in [0.25, 0.3) is 0 Å². The van der Waals surface area contributed by atoms with Crippen LogP contribution in [0, 0.1) is 5.92 Å². The molecule has 2 unspecified atom stereocenters. The molecule has 0 saturated heterocycles. The number of nitrogens with zero attached hydrogens (tertiary/aromatic N) is 1. The standard InChI is InChI=1S/C10H19NO3/c1-4-5-11(6-7-12)9(3)8(2)10(13)14/h4,8-9,12H,1,5-7H2,2-3H3,(H,13,14). The van der Waals surface area contributed by atoms with Gasteiger partial charge in [0.25, 0.3) is 0 Å². The third-order valence-corrected chi connectivity index (χ3v) is 2.44. The van der Waals surface area contributed by atoms with E-state index in [1.165, 1.54) is 0 Å². The van der Waals surface area contributed by atoms with E-state index >= 15 is 0 Å². The van der Waals surface area contributed by atoms with E-state index in [1.807, 2.05) is 11.8 Å². The van der Waals surface area contributed by atoms with Crippen molar-refractivity contribution in [2.45, 2.75) is 19.9 Å². The lowest BCUT2D eigenvalue weighted by Crippen LogP contribution is -2.42. The van der Waals surface area contributed by atoms with E-state index in [1.54, 1.807) is 13.0 Å². The summed E-state index contributed by atoms with van der Waals surface area (Å²) >= 11 is 0. The Labute approximate surface area is 84.8 Å². The molecule has 0 saturated carbocycles. The van der Waals surface area contributed by atoms with Gasteiger partial charge in [-0.05, 0) is 6.92 Å². The Morgan fingerprint density at radius 3 is 2.50 bits per heavy atom. The fourth-order valence-electron chi connectivity index (χ4n) is 1.28. The molecule has 0 aliphatic rings. The van der Waals surface area contributed by atoms with Crippen LogP contribution < -0.4 is 0 Å². The lowest BCUT2D eigenvalue weighted by Gasteiger charge is -2.29. The Morgan fingerprint density at radius 1 is 1.57 bits per heavy atom. The van der Waals surface area contributed by atoms with E-state index in [0.717, 1.165) is 0 Å². The third kappa shape index (κ3) is 3.89. The molecule has 2 N–H and O–H groups in total. The lowest BCUT2D eigenvalue weighted by atomic mass is 10.0. The second-order valence-corrected chi connectivity index (χ2v) is 3.37. The van der Waals surface area contributed by atoms with Gasteiger partial charge < -0.3 is 10.2 Å². The molecule has 0 bridgehead atoms. The topological polar surface area (TPSA) is 60.8 Å². The van der Waals surface area contributed by atoms with Gasteiger partial charge in [-0.15, -0.1) is 6.58 Å². The molecule has 0 amide bonds. The fraction of sp³-hybridized carbons (Fsp3) is 0.700. The number of carbonyl (C=O) groups is 1. The van der Waals surface area contributed by atoms with Gasteiger partial charge in [0.2, 0.25) is 0 Å². The number of rotatable bonds is 7. The summed E-state index contributed by atoms with van der Waals surface area (Å²) in [6.45, 7) is 8.22. The van der Waals surface area contributed by atoms with Crippen molar-refractivity contribution in [1.29, 1.82) is 0 Å². The van der Waals surface area contributed by atoms with Crippen molar-refractivity contribution < 1.29 is 15.0 Å². The normalized spacial score (nSPS) is 15.1. The van der Waals surface area contributed by atoms with Crippen LogP contribution in [0.5, 0.6) is 0 Å². The van der Waals surface area contributed by atoms with E-state index in [4.69, 9.17) is 10.2 Å². The highest BCUT2D eigenvalue weighted by Gasteiger charge is 2.23. The minimum absolute atomic E-state index is 0.0323. The molecule has 0 aromatic heterocycles. The monoisotopic (exact) mass is 201 g/mol. The molecule has 0 spiro atoms. The van der Waals surface area contributed by atoms with Crippen LogP contribution in [0.4, 0.5) is 0 Å². The van der Waals surface area contributed by atoms with Crippen molar-refractivity contribution in [3.63, 3.8) is 0 Å². The fourth-order valence-corrected chi connectivity index (χ4v) is 1.28. The van der Waals surface area contributed by atoms with Crippen molar-refractivity contribution in [3.05, 3.63) is 12.7 Å². The van der Waals surface area contributed by atoms with Crippen LogP contribution in [0.3, 0.4) is 0 Å². The van der Waals surface area contributed by atoms with E-state index < -0.39 is 11.9 Å². The van der Waals surface area contributed by atoms with E-state index in [2.05, 4.69) is 6.58 Å². The first-order valence-corrected chi connectivity index (χ1v) is 4.73. The zero-order chi connectivity index (χ0) is 11.1. The summed E-state index contributed by atoms with van der Waals surface area (Å²) in [6, 6.07) is -0.0994. The Bertz CT molecular complexity index is 194. The minimum atomic E-state index is -0.815. The predicted octanol–water partition coefficient (Wildman–Crippen LogP) is 0.576. The van der Waals surface area contributed by atoms with Crippen LogP contribution in [-0.2, 0) is 4.79 Å². The number of aliphatic hydroxyl groups excluding tert-OH is 1. The highest BCUT2D eigenvalue weighted by atomic mass is 16.4. The van der Waals surface area contributed by atoms with E-state index in [9.17, 15) is 4.79 Å². The number of aliphatic carboxylic acids is 1. The van der Waals surface area contributed by atoms with Gasteiger partial charge >= 0.3 is 5.97 Å². The van der Waals surface area contributed by atoms with Crippen LogP contribution >= 0.6 is 0 Å². The second kappa shape index (κ2) is 6.56. The average Bonchev–Trinajstić information content (AvgIpc) is 2.15. The molecule has 2 atom stereocenters. The molecule has 4 nitrogen and oxygen atoms in total. The zero-order valence-electron chi connectivity index (χ0n) is 8.81. The Kier molecular flexibility index (Phi) is 6.16. The maximum Gasteiger partial charge on any atom is 0.307 e. The number of carboxylic acids is 1. The van der Waals surface area contributed by atoms with Gasteiger partial charge in [-0.25, -0.2) is 0 Å². The molecule has 14 heavy (non-hydrogen) atoms. The van der Waals surface area contributed by atoms with Gasteiger partial charge in [-0.3, -0.25) is 9.69 Å². The van der Waals surface area contributed by atoms with Crippen molar-refractivity contribution in [1.82, 2.24) is 4.90 Å². The Morgan fingerprint density at radius 2 is 2.14 bits per heavy atom. The molecule has 0 fully saturated rings. The number of hydrogen-bond acceptors (Lipinski definition) is 3. The van der Waals surface area contributed by atoms with Crippen molar-refractivity contribution in [2.24, 2.45) is 5.92 Å². The molecule has 0 aromatic carbocycles. The molecule has 0 aliphatic heterocycles. The first kappa shape index (κ1) is 13.1. The summed E-state index contributed by atoms with van der Waals surface area (Å²) in [7, 11) is 0. The van der Waals surface area contributed by atoms with Crippen molar-refractivity contribution in [2.75, 3.05) is 19.7 Å². The van der Waals surface area contributed by atoms with Crippen LogP contribution in [-0.4, -0.2) is 46.8 Å². The van der Waals surface area contributed by atoms with Crippen molar-refractivity contribution in [3.8, 4) is 0 Å². The van der Waals surface area contributed by atoms with Gasteiger partial charge in [0.15, 0.2) is 0 Å². The highest BCUT2D eigenvalue weighted by Crippen LogP contribution is 2.10. The molecule has 82 valence electrons. The molecule has 4 heteroatoms. The largest absolute Gasteiger partial charge is 0.481 e. The molecular formula is C10H19NO3. The lowest BCUT2D eigenvalue weighted by molar-refractivity contribution is -0.143. The Hall–Kier alpha value is -0.870. The molecule has 0 radical (unpaired) electrons. The summed E-state index contributed by atoms with van der Waals surface area (Å²) in [4.78, 5) is 12.6. The molecule has 0 aromatic rings. The second-order valence-electron chi connectivity index (χ2n) is 3.37. The Balaban J connectivity index is 4.32. The number of hydrogen-bond donors (Lipinski definition) is 2. The molecular weight excluding hydrogens is 182 g/mol. The maximum atomic E-state index is 10.7. The SMILES string of the molecule is C=CCN(CCO)C(C)C(C)C(=O)O. The number of aliphatic hydroxyl groups is 1. The number of carboxylic acid groups (broad SMARTS) is 1. The molecule has 0 rings (SSSR count). The van der Waals surface area contributed by atoms with Crippen LogP contribution in [0.2, 0.25) is 0 Å². The molecule has 0 aliphatic carbocycles.